The number of nitrogens with one attached hydrogen (secondary N) is 1. The number of rotatable bonds is 5. The molecule has 3 nitrogen and oxygen atoms in total. The zero-order valence-electron chi connectivity index (χ0n) is 16.7. The molecule has 2 fully saturated rings. The molecule has 28 heavy (non-hydrogen) atoms. The summed E-state index contributed by atoms with van der Waals surface area (Å²) < 4.78 is 0. The van der Waals surface area contributed by atoms with Crippen molar-refractivity contribution in [2.24, 2.45) is 5.92 Å². The Hall–Kier alpha value is -2.00. The van der Waals surface area contributed by atoms with E-state index in [4.69, 9.17) is 0 Å². The first-order valence-electron chi connectivity index (χ1n) is 11.1. The Kier molecular flexibility index (Phi) is 4.80. The number of phenols is 1. The van der Waals surface area contributed by atoms with Crippen LogP contribution in [-0.4, -0.2) is 35.7 Å². The molecule has 2 aliphatic carbocycles. The van der Waals surface area contributed by atoms with Gasteiger partial charge in [0.25, 0.3) is 0 Å². The van der Waals surface area contributed by atoms with Gasteiger partial charge in [0, 0.05) is 30.2 Å². The molecule has 0 spiro atoms. The van der Waals surface area contributed by atoms with Crippen LogP contribution in [0.5, 0.6) is 5.75 Å². The summed E-state index contributed by atoms with van der Waals surface area (Å²) in [5, 5.41) is 13.7. The average Bonchev–Trinajstić information content (AvgIpc) is 2.74. The Morgan fingerprint density at radius 1 is 1.07 bits per heavy atom. The largest absolute Gasteiger partial charge is 0.508 e. The Bertz CT molecular complexity index is 821. The van der Waals surface area contributed by atoms with Crippen molar-refractivity contribution in [1.29, 1.82) is 0 Å². The number of piperidine rings is 1. The normalized spacial score (nSPS) is 29.0. The van der Waals surface area contributed by atoms with Gasteiger partial charge in [-0.05, 0) is 80.0 Å². The van der Waals surface area contributed by atoms with Gasteiger partial charge in [0.2, 0.25) is 0 Å². The summed E-state index contributed by atoms with van der Waals surface area (Å²) in [7, 11) is 0. The van der Waals surface area contributed by atoms with Crippen molar-refractivity contribution in [3.8, 4) is 5.75 Å². The van der Waals surface area contributed by atoms with E-state index in [-0.39, 0.29) is 0 Å². The second-order valence-corrected chi connectivity index (χ2v) is 9.05. The van der Waals surface area contributed by atoms with Gasteiger partial charge < -0.3 is 10.4 Å². The molecule has 1 aliphatic heterocycles. The van der Waals surface area contributed by atoms with E-state index < -0.39 is 0 Å². The number of para-hydroxylation sites is 1. The van der Waals surface area contributed by atoms with E-state index in [1.165, 1.54) is 68.4 Å². The zero-order valence-corrected chi connectivity index (χ0v) is 16.7. The van der Waals surface area contributed by atoms with E-state index in [2.05, 4.69) is 52.7 Å². The third-order valence-electron chi connectivity index (χ3n) is 7.66. The number of hydrogen-bond acceptors (Lipinski definition) is 3. The van der Waals surface area contributed by atoms with Gasteiger partial charge in [0.1, 0.15) is 5.75 Å². The van der Waals surface area contributed by atoms with Gasteiger partial charge in [-0.15, -0.1) is 0 Å². The highest BCUT2D eigenvalue weighted by atomic mass is 16.3. The lowest BCUT2D eigenvalue weighted by Crippen LogP contribution is -2.61. The first kappa shape index (κ1) is 18.1. The van der Waals surface area contributed by atoms with Crippen molar-refractivity contribution in [2.75, 3.05) is 25.0 Å². The van der Waals surface area contributed by atoms with Crippen LogP contribution in [-0.2, 0) is 11.8 Å². The third kappa shape index (κ3) is 3.10. The summed E-state index contributed by atoms with van der Waals surface area (Å²) in [6.07, 6.45) is 9.00. The molecule has 0 unspecified atom stereocenters. The fourth-order valence-electron chi connectivity index (χ4n) is 6.42. The molecule has 1 saturated carbocycles. The number of aromatic hydroxyl groups is 1. The maximum absolute atomic E-state index is 10.1. The molecular formula is C25H32N2O. The molecule has 0 amide bonds. The van der Waals surface area contributed by atoms with Crippen molar-refractivity contribution >= 4 is 5.69 Å². The Balaban J connectivity index is 1.30. The first-order valence-corrected chi connectivity index (χ1v) is 11.1. The third-order valence-corrected chi connectivity index (χ3v) is 7.66. The number of benzene rings is 2. The summed E-state index contributed by atoms with van der Waals surface area (Å²) >= 11 is 0. The first-order chi connectivity index (χ1) is 13.8. The van der Waals surface area contributed by atoms with Crippen molar-refractivity contribution < 1.29 is 5.11 Å². The molecule has 2 N–H and O–H groups in total. The minimum Gasteiger partial charge on any atom is -0.508 e. The Morgan fingerprint density at radius 2 is 1.96 bits per heavy atom. The van der Waals surface area contributed by atoms with Crippen molar-refractivity contribution in [1.82, 2.24) is 4.90 Å². The van der Waals surface area contributed by atoms with Crippen LogP contribution in [0.15, 0.2) is 48.5 Å². The molecule has 148 valence electrons. The number of fused-ring (bicyclic) bond motifs is 1. The van der Waals surface area contributed by atoms with Crippen LogP contribution >= 0.6 is 0 Å². The molecule has 5 rings (SSSR count). The minimum atomic E-state index is 0.327. The van der Waals surface area contributed by atoms with Crippen LogP contribution in [0.4, 0.5) is 5.69 Å². The highest BCUT2D eigenvalue weighted by Crippen LogP contribution is 2.56. The molecule has 1 heterocycles. The van der Waals surface area contributed by atoms with Gasteiger partial charge in [-0.1, -0.05) is 37.1 Å². The predicted octanol–water partition coefficient (Wildman–Crippen LogP) is 4.95. The second kappa shape index (κ2) is 7.44. The van der Waals surface area contributed by atoms with Gasteiger partial charge >= 0.3 is 0 Å². The van der Waals surface area contributed by atoms with E-state index >= 15 is 0 Å². The average molecular weight is 377 g/mol. The van der Waals surface area contributed by atoms with Gasteiger partial charge in [0.15, 0.2) is 0 Å². The zero-order chi connectivity index (χ0) is 19.0. The smallest absolute Gasteiger partial charge is 0.115 e. The van der Waals surface area contributed by atoms with E-state index in [1.54, 1.807) is 0 Å². The van der Waals surface area contributed by atoms with E-state index in [0.717, 1.165) is 18.9 Å². The molecule has 0 radical (unpaired) electrons. The maximum Gasteiger partial charge on any atom is 0.115 e. The summed E-state index contributed by atoms with van der Waals surface area (Å²) in [6, 6.07) is 17.4. The fraction of sp³-hybridized carbons (Fsp3) is 0.520. The molecular weight excluding hydrogens is 344 g/mol. The summed E-state index contributed by atoms with van der Waals surface area (Å²) in [4.78, 5) is 2.79. The molecule has 3 atom stereocenters. The highest BCUT2D eigenvalue weighted by Gasteiger charge is 2.53. The topological polar surface area (TPSA) is 35.5 Å². The van der Waals surface area contributed by atoms with E-state index in [9.17, 15) is 5.11 Å². The fourth-order valence-corrected chi connectivity index (χ4v) is 6.42. The van der Waals surface area contributed by atoms with Crippen molar-refractivity contribution in [3.05, 3.63) is 59.7 Å². The van der Waals surface area contributed by atoms with Crippen LogP contribution in [0.2, 0.25) is 0 Å². The molecule has 0 aromatic heterocycles. The summed E-state index contributed by atoms with van der Waals surface area (Å²) in [6.45, 7) is 3.43. The quantitative estimate of drug-likeness (QED) is 0.725. The summed E-state index contributed by atoms with van der Waals surface area (Å²) in [5.41, 5.74) is 4.53. The molecule has 1 saturated heterocycles. The standard InChI is InChI=1S/C25H32N2O/c28-21-11-10-19-17-24-22-9-4-5-12-25(22,23(19)18-21)13-16-27(24)15-6-14-26-20-7-2-1-3-8-20/h1-3,7-8,10-11,18,22,24,26,28H,4-6,9,12-17H2/t22-,24-,25+/m0/s1. The second-order valence-electron chi connectivity index (χ2n) is 9.05. The monoisotopic (exact) mass is 376 g/mol. The molecule has 2 aromatic rings. The highest BCUT2D eigenvalue weighted by molar-refractivity contribution is 5.45. The van der Waals surface area contributed by atoms with Gasteiger partial charge in [-0.3, -0.25) is 4.90 Å². The van der Waals surface area contributed by atoms with Gasteiger partial charge in [-0.25, -0.2) is 0 Å². The molecule has 2 aromatic carbocycles. The number of nitrogens with zero attached hydrogens (tertiary/aromatic N) is 1. The molecule has 3 heteroatoms. The Morgan fingerprint density at radius 3 is 2.86 bits per heavy atom. The van der Waals surface area contributed by atoms with Crippen molar-refractivity contribution in [2.45, 2.75) is 56.4 Å². The van der Waals surface area contributed by atoms with Crippen LogP contribution in [0.3, 0.4) is 0 Å². The van der Waals surface area contributed by atoms with Crippen LogP contribution < -0.4 is 5.32 Å². The summed E-state index contributed by atoms with van der Waals surface area (Å²) in [5.74, 6) is 1.22. The van der Waals surface area contributed by atoms with Crippen LogP contribution in [0.25, 0.3) is 0 Å². The van der Waals surface area contributed by atoms with Crippen LogP contribution in [0.1, 0.15) is 49.7 Å². The number of phenolic OH excluding ortho intramolecular Hbond substituents is 1. The molecule has 3 aliphatic rings. The number of likely N-dealkylation sites (tertiary alicyclic amines) is 1. The molecule has 2 bridgehead atoms. The maximum atomic E-state index is 10.1. The van der Waals surface area contributed by atoms with Crippen molar-refractivity contribution in [3.63, 3.8) is 0 Å². The SMILES string of the molecule is Oc1ccc2c(c1)[C@@]13CCCC[C@H]1[C@H](C2)N(CCCNc1ccccc1)CC3. The number of anilines is 1. The van der Waals surface area contributed by atoms with Crippen LogP contribution in [0, 0.1) is 5.92 Å². The van der Waals surface area contributed by atoms with Gasteiger partial charge in [0.05, 0.1) is 0 Å². The van der Waals surface area contributed by atoms with Gasteiger partial charge in [-0.2, -0.15) is 0 Å². The lowest BCUT2D eigenvalue weighted by atomic mass is 9.52. The van der Waals surface area contributed by atoms with E-state index in [0.29, 0.717) is 17.2 Å². The minimum absolute atomic E-state index is 0.327. The Labute approximate surface area is 168 Å². The lowest BCUT2D eigenvalue weighted by Gasteiger charge is -2.59. The van der Waals surface area contributed by atoms with E-state index in [1.807, 2.05) is 6.07 Å². The number of hydrogen-bond donors (Lipinski definition) is 2. The predicted molar refractivity (Wildman–Crippen MR) is 115 cm³/mol. The lowest BCUT2D eigenvalue weighted by molar-refractivity contribution is -0.0113.